The molecule has 1 aromatic heterocycles. The molecule has 1 aliphatic rings. The highest BCUT2D eigenvalue weighted by molar-refractivity contribution is 5.48. The molecule has 2 rings (SSSR count). The quantitative estimate of drug-likeness (QED) is 0.894. The van der Waals surface area contributed by atoms with Crippen LogP contribution in [0.4, 0.5) is 5.82 Å². The van der Waals surface area contributed by atoms with Crippen molar-refractivity contribution in [3.63, 3.8) is 0 Å². The van der Waals surface area contributed by atoms with Gasteiger partial charge in [0.15, 0.2) is 0 Å². The van der Waals surface area contributed by atoms with Gasteiger partial charge in [0.25, 0.3) is 0 Å². The van der Waals surface area contributed by atoms with Crippen LogP contribution in [0.2, 0.25) is 0 Å². The largest absolute Gasteiger partial charge is 0.351 e. The lowest BCUT2D eigenvalue weighted by molar-refractivity contribution is 0.274. The van der Waals surface area contributed by atoms with E-state index in [1.165, 1.54) is 11.1 Å². The molecule has 0 spiro atoms. The summed E-state index contributed by atoms with van der Waals surface area (Å²) in [6, 6.07) is 2.79. The first kappa shape index (κ1) is 14.3. The zero-order chi connectivity index (χ0) is 13.8. The van der Waals surface area contributed by atoms with Crippen molar-refractivity contribution in [1.29, 1.82) is 0 Å². The van der Waals surface area contributed by atoms with Crippen LogP contribution in [-0.4, -0.2) is 49.2 Å². The van der Waals surface area contributed by atoms with Gasteiger partial charge in [-0.25, -0.2) is 4.98 Å². The van der Waals surface area contributed by atoms with Gasteiger partial charge in [0.1, 0.15) is 5.82 Å². The summed E-state index contributed by atoms with van der Waals surface area (Å²) in [6.45, 7) is 11.8. The molecule has 1 N–H and O–H groups in total. The summed E-state index contributed by atoms with van der Waals surface area (Å²) in [5, 5.41) is 3.35. The van der Waals surface area contributed by atoms with Gasteiger partial charge in [-0.15, -0.1) is 0 Å². The zero-order valence-electron chi connectivity index (χ0n) is 12.6. The second kappa shape index (κ2) is 6.35. The molecule has 0 radical (unpaired) electrons. The Morgan fingerprint density at radius 2 is 2.21 bits per heavy atom. The molecule has 1 atom stereocenters. The Bertz CT molecular complexity index is 419. The van der Waals surface area contributed by atoms with E-state index in [0.717, 1.165) is 38.5 Å². The van der Waals surface area contributed by atoms with E-state index in [0.29, 0.717) is 6.04 Å². The van der Waals surface area contributed by atoms with Crippen LogP contribution >= 0.6 is 0 Å². The number of nitrogens with one attached hydrogen (secondary N) is 1. The molecular weight excluding hydrogens is 236 g/mol. The van der Waals surface area contributed by atoms with Crippen LogP contribution in [0.1, 0.15) is 25.0 Å². The van der Waals surface area contributed by atoms with Gasteiger partial charge in [-0.3, -0.25) is 0 Å². The van der Waals surface area contributed by atoms with E-state index < -0.39 is 0 Å². The lowest BCUT2D eigenvalue weighted by atomic mass is 10.1. The number of anilines is 1. The molecule has 4 nitrogen and oxygen atoms in total. The van der Waals surface area contributed by atoms with Crippen LogP contribution in [0.25, 0.3) is 0 Å². The fraction of sp³-hybridized carbons (Fsp3) is 0.667. The number of aryl methyl sites for hydroxylation is 1. The summed E-state index contributed by atoms with van der Waals surface area (Å²) in [4.78, 5) is 9.52. The van der Waals surface area contributed by atoms with Crippen molar-refractivity contribution in [2.45, 2.75) is 33.4 Å². The summed E-state index contributed by atoms with van der Waals surface area (Å²) < 4.78 is 0. The Balaban J connectivity index is 2.12. The molecule has 1 aromatic rings. The van der Waals surface area contributed by atoms with Crippen LogP contribution < -0.4 is 10.2 Å². The third-order valence-corrected chi connectivity index (χ3v) is 3.79. The maximum Gasteiger partial charge on any atom is 0.131 e. The Morgan fingerprint density at radius 1 is 1.42 bits per heavy atom. The fourth-order valence-corrected chi connectivity index (χ4v) is 2.75. The minimum absolute atomic E-state index is 0.532. The second-order valence-corrected chi connectivity index (χ2v) is 5.57. The molecule has 0 aromatic carbocycles. The molecule has 1 saturated heterocycles. The maximum absolute atomic E-state index is 4.70. The molecule has 0 saturated carbocycles. The summed E-state index contributed by atoms with van der Waals surface area (Å²) in [5.41, 5.74) is 2.55. The van der Waals surface area contributed by atoms with Crippen LogP contribution in [0.3, 0.4) is 0 Å². The first-order chi connectivity index (χ1) is 9.11. The lowest BCUT2D eigenvalue weighted by Gasteiger charge is -2.39. The number of likely N-dealkylation sites (N-methyl/N-ethyl adjacent to an activating group) is 1. The molecule has 0 amide bonds. The first-order valence-corrected chi connectivity index (χ1v) is 7.23. The number of aromatic nitrogens is 1. The minimum Gasteiger partial charge on any atom is -0.351 e. The van der Waals surface area contributed by atoms with Crippen LogP contribution in [0, 0.1) is 6.92 Å². The lowest BCUT2D eigenvalue weighted by Crippen LogP contribution is -2.51. The third-order valence-electron chi connectivity index (χ3n) is 3.79. The molecule has 2 heterocycles. The molecule has 4 heteroatoms. The molecule has 0 aliphatic carbocycles. The monoisotopic (exact) mass is 262 g/mol. The Kier molecular flexibility index (Phi) is 4.77. The van der Waals surface area contributed by atoms with Gasteiger partial charge in [0.2, 0.25) is 0 Å². The van der Waals surface area contributed by atoms with Crippen molar-refractivity contribution in [2.75, 3.05) is 38.1 Å². The summed E-state index contributed by atoms with van der Waals surface area (Å²) in [6.07, 6.45) is 2.01. The van der Waals surface area contributed by atoms with Crippen molar-refractivity contribution < 1.29 is 0 Å². The second-order valence-electron chi connectivity index (χ2n) is 5.57. The van der Waals surface area contributed by atoms with Gasteiger partial charge < -0.3 is 15.1 Å². The van der Waals surface area contributed by atoms with Crippen LogP contribution in [-0.2, 0) is 6.54 Å². The topological polar surface area (TPSA) is 31.4 Å². The SMILES string of the molecule is CCNCc1cnc(N2CCN(C)CC2C)c(C)c1. The molecular formula is C15H26N4. The fourth-order valence-electron chi connectivity index (χ4n) is 2.75. The van der Waals surface area contributed by atoms with Gasteiger partial charge in [-0.1, -0.05) is 6.92 Å². The molecule has 1 unspecified atom stereocenters. The van der Waals surface area contributed by atoms with Crippen molar-refractivity contribution in [2.24, 2.45) is 0 Å². The molecule has 19 heavy (non-hydrogen) atoms. The summed E-state index contributed by atoms with van der Waals surface area (Å²) >= 11 is 0. The Hall–Kier alpha value is -1.13. The first-order valence-electron chi connectivity index (χ1n) is 7.23. The van der Waals surface area contributed by atoms with Gasteiger partial charge in [-0.05, 0) is 44.6 Å². The predicted molar refractivity (Wildman–Crippen MR) is 80.7 cm³/mol. The number of piperazine rings is 1. The summed E-state index contributed by atoms with van der Waals surface area (Å²) in [5.74, 6) is 1.15. The van der Waals surface area contributed by atoms with Gasteiger partial charge in [0.05, 0.1) is 0 Å². The zero-order valence-corrected chi connectivity index (χ0v) is 12.6. The van der Waals surface area contributed by atoms with E-state index in [2.05, 4.69) is 49.0 Å². The standard InChI is InChI=1S/C15H26N4/c1-5-16-9-14-8-12(2)15(17-10-14)19-7-6-18(4)11-13(19)3/h8,10,13,16H,5-7,9,11H2,1-4H3. The number of rotatable bonds is 4. The van der Waals surface area contributed by atoms with Gasteiger partial charge in [0, 0.05) is 38.4 Å². The normalized spacial score (nSPS) is 20.8. The Morgan fingerprint density at radius 3 is 2.84 bits per heavy atom. The van der Waals surface area contributed by atoms with E-state index in [1.54, 1.807) is 0 Å². The highest BCUT2D eigenvalue weighted by Crippen LogP contribution is 2.22. The van der Waals surface area contributed by atoms with Crippen LogP contribution in [0.5, 0.6) is 0 Å². The number of nitrogens with zero attached hydrogens (tertiary/aromatic N) is 3. The highest BCUT2D eigenvalue weighted by Gasteiger charge is 2.23. The van der Waals surface area contributed by atoms with Gasteiger partial charge in [-0.2, -0.15) is 0 Å². The van der Waals surface area contributed by atoms with Crippen molar-refractivity contribution in [1.82, 2.24) is 15.2 Å². The smallest absolute Gasteiger partial charge is 0.131 e. The van der Waals surface area contributed by atoms with E-state index in [4.69, 9.17) is 4.98 Å². The van der Waals surface area contributed by atoms with E-state index in [1.807, 2.05) is 6.20 Å². The molecule has 1 fully saturated rings. The minimum atomic E-state index is 0.532. The molecule has 0 bridgehead atoms. The molecule has 1 aliphatic heterocycles. The van der Waals surface area contributed by atoms with E-state index in [9.17, 15) is 0 Å². The van der Waals surface area contributed by atoms with Crippen LogP contribution in [0.15, 0.2) is 12.3 Å². The average molecular weight is 262 g/mol. The van der Waals surface area contributed by atoms with E-state index >= 15 is 0 Å². The maximum atomic E-state index is 4.70. The molecule has 106 valence electrons. The van der Waals surface area contributed by atoms with Crippen molar-refractivity contribution in [3.8, 4) is 0 Å². The highest BCUT2D eigenvalue weighted by atomic mass is 15.3. The van der Waals surface area contributed by atoms with E-state index in [-0.39, 0.29) is 0 Å². The van der Waals surface area contributed by atoms with Crippen molar-refractivity contribution in [3.05, 3.63) is 23.4 Å². The Labute approximate surface area is 116 Å². The third kappa shape index (κ3) is 3.45. The van der Waals surface area contributed by atoms with Crippen molar-refractivity contribution >= 4 is 5.82 Å². The number of hydrogen-bond donors (Lipinski definition) is 1. The number of hydrogen-bond acceptors (Lipinski definition) is 4. The van der Waals surface area contributed by atoms with Gasteiger partial charge >= 0.3 is 0 Å². The summed E-state index contributed by atoms with van der Waals surface area (Å²) in [7, 11) is 2.19. The average Bonchev–Trinajstić information content (AvgIpc) is 2.37. The number of pyridine rings is 1. The predicted octanol–water partition coefficient (Wildman–Crippen LogP) is 1.64.